The van der Waals surface area contributed by atoms with Gasteiger partial charge in [0.25, 0.3) is 5.56 Å². The lowest BCUT2D eigenvalue weighted by atomic mass is 10.1. The molecule has 0 saturated heterocycles. The summed E-state index contributed by atoms with van der Waals surface area (Å²) < 4.78 is 5.74. The lowest BCUT2D eigenvalue weighted by molar-refractivity contribution is 0.220. The SMILES string of the molecule is CCc1ccc(CN2CCc3nc(SC)[nH]c(=O)c3C2)o1. The highest BCUT2D eigenvalue weighted by molar-refractivity contribution is 7.98. The van der Waals surface area contributed by atoms with E-state index in [0.29, 0.717) is 11.7 Å². The summed E-state index contributed by atoms with van der Waals surface area (Å²) in [7, 11) is 0. The van der Waals surface area contributed by atoms with Gasteiger partial charge in [0.1, 0.15) is 11.5 Å². The van der Waals surface area contributed by atoms with Crippen molar-refractivity contribution >= 4 is 11.8 Å². The van der Waals surface area contributed by atoms with Crippen LogP contribution in [0.2, 0.25) is 0 Å². The van der Waals surface area contributed by atoms with Gasteiger partial charge in [-0.15, -0.1) is 0 Å². The van der Waals surface area contributed by atoms with Gasteiger partial charge in [-0.2, -0.15) is 0 Å². The molecule has 1 aliphatic rings. The summed E-state index contributed by atoms with van der Waals surface area (Å²) in [4.78, 5) is 21.7. The van der Waals surface area contributed by atoms with E-state index in [1.54, 1.807) is 0 Å². The Labute approximate surface area is 127 Å². The minimum Gasteiger partial charge on any atom is -0.465 e. The maximum Gasteiger partial charge on any atom is 0.256 e. The summed E-state index contributed by atoms with van der Waals surface area (Å²) in [5.74, 6) is 1.96. The molecule has 0 atom stereocenters. The Bertz CT molecular complexity index is 692. The van der Waals surface area contributed by atoms with Crippen LogP contribution in [0, 0.1) is 0 Å². The topological polar surface area (TPSA) is 62.1 Å². The van der Waals surface area contributed by atoms with Gasteiger partial charge in [0.2, 0.25) is 0 Å². The van der Waals surface area contributed by atoms with E-state index in [0.717, 1.165) is 48.7 Å². The van der Waals surface area contributed by atoms with Crippen LogP contribution in [0.15, 0.2) is 26.5 Å². The summed E-state index contributed by atoms with van der Waals surface area (Å²) in [5.41, 5.74) is 1.72. The lowest BCUT2D eigenvalue weighted by Gasteiger charge is -2.26. The van der Waals surface area contributed by atoms with Crippen LogP contribution < -0.4 is 5.56 Å². The lowest BCUT2D eigenvalue weighted by Crippen LogP contribution is -2.35. The first-order chi connectivity index (χ1) is 10.2. The first-order valence-electron chi connectivity index (χ1n) is 7.15. The Morgan fingerprint density at radius 1 is 1.43 bits per heavy atom. The minimum absolute atomic E-state index is 0.0113. The highest BCUT2D eigenvalue weighted by Crippen LogP contribution is 2.19. The maximum absolute atomic E-state index is 12.1. The molecule has 0 bridgehead atoms. The van der Waals surface area contributed by atoms with Gasteiger partial charge < -0.3 is 9.40 Å². The Morgan fingerprint density at radius 2 is 2.24 bits per heavy atom. The molecule has 6 heteroatoms. The third-order valence-corrected chi connectivity index (χ3v) is 4.34. The third-order valence-electron chi connectivity index (χ3n) is 3.76. The number of hydrogen-bond acceptors (Lipinski definition) is 5. The smallest absolute Gasteiger partial charge is 0.256 e. The Hall–Kier alpha value is -1.53. The fraction of sp³-hybridized carbons (Fsp3) is 0.467. The molecule has 0 fully saturated rings. The van der Waals surface area contributed by atoms with E-state index in [9.17, 15) is 4.79 Å². The van der Waals surface area contributed by atoms with Crippen molar-refractivity contribution in [3.05, 3.63) is 45.3 Å². The average Bonchev–Trinajstić information content (AvgIpc) is 2.95. The Balaban J connectivity index is 1.76. The van der Waals surface area contributed by atoms with Crippen LogP contribution in [-0.2, 0) is 25.9 Å². The average molecular weight is 305 g/mol. The van der Waals surface area contributed by atoms with Crippen LogP contribution in [0.3, 0.4) is 0 Å². The number of aryl methyl sites for hydroxylation is 1. The van der Waals surface area contributed by atoms with Gasteiger partial charge in [-0.1, -0.05) is 18.7 Å². The van der Waals surface area contributed by atoms with Crippen molar-refractivity contribution in [3.63, 3.8) is 0 Å². The van der Waals surface area contributed by atoms with Crippen molar-refractivity contribution in [3.8, 4) is 0 Å². The van der Waals surface area contributed by atoms with Crippen molar-refractivity contribution in [1.82, 2.24) is 14.9 Å². The molecule has 0 aromatic carbocycles. The van der Waals surface area contributed by atoms with Crippen molar-refractivity contribution < 1.29 is 4.42 Å². The van der Waals surface area contributed by atoms with Crippen molar-refractivity contribution in [2.24, 2.45) is 0 Å². The second-order valence-corrected chi connectivity index (χ2v) is 5.98. The summed E-state index contributed by atoms with van der Waals surface area (Å²) in [5, 5.41) is 0.700. The number of furan rings is 1. The largest absolute Gasteiger partial charge is 0.465 e. The van der Waals surface area contributed by atoms with Crippen LogP contribution in [0.1, 0.15) is 29.7 Å². The zero-order valence-corrected chi connectivity index (χ0v) is 13.1. The number of thioether (sulfide) groups is 1. The number of nitrogens with zero attached hydrogens (tertiary/aromatic N) is 2. The van der Waals surface area contributed by atoms with E-state index < -0.39 is 0 Å². The number of aromatic nitrogens is 2. The van der Waals surface area contributed by atoms with E-state index in [2.05, 4.69) is 21.8 Å². The fourth-order valence-electron chi connectivity index (χ4n) is 2.61. The van der Waals surface area contributed by atoms with Gasteiger partial charge in [-0.3, -0.25) is 9.69 Å². The summed E-state index contributed by atoms with van der Waals surface area (Å²) in [6.07, 6.45) is 3.64. The molecule has 1 aliphatic heterocycles. The zero-order chi connectivity index (χ0) is 14.8. The van der Waals surface area contributed by atoms with Crippen LogP contribution in [0.25, 0.3) is 0 Å². The second-order valence-electron chi connectivity index (χ2n) is 5.18. The predicted octanol–water partition coefficient (Wildman–Crippen LogP) is 2.21. The van der Waals surface area contributed by atoms with E-state index in [4.69, 9.17) is 4.42 Å². The maximum atomic E-state index is 12.1. The van der Waals surface area contributed by atoms with Gasteiger partial charge in [-0.05, 0) is 18.4 Å². The molecule has 0 saturated carbocycles. The van der Waals surface area contributed by atoms with Gasteiger partial charge in [-0.25, -0.2) is 4.98 Å². The van der Waals surface area contributed by atoms with E-state index in [-0.39, 0.29) is 5.56 Å². The molecule has 112 valence electrons. The zero-order valence-electron chi connectivity index (χ0n) is 12.3. The van der Waals surface area contributed by atoms with E-state index >= 15 is 0 Å². The van der Waals surface area contributed by atoms with Crippen molar-refractivity contribution in [1.29, 1.82) is 0 Å². The second kappa shape index (κ2) is 6.07. The monoisotopic (exact) mass is 305 g/mol. The normalized spacial score (nSPS) is 15.1. The number of rotatable bonds is 4. The molecule has 0 unspecified atom stereocenters. The molecule has 1 N–H and O–H groups in total. The van der Waals surface area contributed by atoms with Crippen LogP contribution in [0.4, 0.5) is 0 Å². The quantitative estimate of drug-likeness (QED) is 0.693. The van der Waals surface area contributed by atoms with Gasteiger partial charge in [0.05, 0.1) is 17.8 Å². The first kappa shape index (κ1) is 14.4. The molecule has 0 radical (unpaired) electrons. The van der Waals surface area contributed by atoms with Crippen molar-refractivity contribution in [2.75, 3.05) is 12.8 Å². The number of hydrogen-bond donors (Lipinski definition) is 1. The molecule has 2 aromatic rings. The highest BCUT2D eigenvalue weighted by Gasteiger charge is 2.21. The number of H-pyrrole nitrogens is 1. The number of nitrogens with one attached hydrogen (secondary N) is 1. The molecule has 3 heterocycles. The molecule has 3 rings (SSSR count). The van der Waals surface area contributed by atoms with Crippen molar-refractivity contribution in [2.45, 2.75) is 38.0 Å². The molecule has 0 spiro atoms. The van der Waals surface area contributed by atoms with Gasteiger partial charge in [0.15, 0.2) is 5.16 Å². The molecule has 0 aliphatic carbocycles. The van der Waals surface area contributed by atoms with Gasteiger partial charge in [0, 0.05) is 25.9 Å². The minimum atomic E-state index is -0.0113. The van der Waals surface area contributed by atoms with Crippen LogP contribution in [0.5, 0.6) is 0 Å². The summed E-state index contributed by atoms with van der Waals surface area (Å²) in [6, 6.07) is 4.04. The Kier molecular flexibility index (Phi) is 4.17. The van der Waals surface area contributed by atoms with E-state index in [1.807, 2.05) is 18.4 Å². The molecule has 5 nitrogen and oxygen atoms in total. The summed E-state index contributed by atoms with van der Waals surface area (Å²) in [6.45, 7) is 4.35. The van der Waals surface area contributed by atoms with E-state index in [1.165, 1.54) is 11.8 Å². The fourth-order valence-corrected chi connectivity index (χ4v) is 3.00. The van der Waals surface area contributed by atoms with Crippen LogP contribution >= 0.6 is 11.8 Å². The predicted molar refractivity (Wildman–Crippen MR) is 82.5 cm³/mol. The first-order valence-corrected chi connectivity index (χ1v) is 8.38. The third kappa shape index (κ3) is 3.06. The molecular formula is C15H19N3O2S. The molecule has 0 amide bonds. The Morgan fingerprint density at radius 3 is 2.95 bits per heavy atom. The number of aromatic amines is 1. The molecule has 21 heavy (non-hydrogen) atoms. The summed E-state index contributed by atoms with van der Waals surface area (Å²) >= 11 is 1.47. The number of fused-ring (bicyclic) bond motifs is 1. The van der Waals surface area contributed by atoms with Crippen LogP contribution in [-0.4, -0.2) is 27.7 Å². The molecular weight excluding hydrogens is 286 g/mol. The standard InChI is InChI=1S/C15H19N3O2S/c1-3-10-4-5-11(20-10)8-18-7-6-13-12(9-18)14(19)17-15(16-13)21-2/h4-5H,3,6-9H2,1-2H3,(H,16,17,19). The van der Waals surface area contributed by atoms with Gasteiger partial charge >= 0.3 is 0 Å². The molecule has 2 aromatic heterocycles. The highest BCUT2D eigenvalue weighted by atomic mass is 32.2.